The maximum atomic E-state index is 14.4. The Morgan fingerprint density at radius 3 is 2.78 bits per heavy atom. The van der Waals surface area contributed by atoms with E-state index in [0.29, 0.717) is 17.7 Å². The number of ether oxygens (including phenoxy) is 1. The van der Waals surface area contributed by atoms with E-state index in [-0.39, 0.29) is 11.7 Å². The number of nitrogens with zero attached hydrogens (tertiary/aromatic N) is 1. The van der Waals surface area contributed by atoms with Crippen LogP contribution in [-0.4, -0.2) is 28.2 Å². The molecule has 2 heterocycles. The van der Waals surface area contributed by atoms with Gasteiger partial charge in [0.2, 0.25) is 5.91 Å². The number of halogens is 1. The van der Waals surface area contributed by atoms with Gasteiger partial charge in [0.1, 0.15) is 17.3 Å². The van der Waals surface area contributed by atoms with Crippen LogP contribution in [-0.2, 0) is 4.79 Å². The monoisotopic (exact) mass is 544 g/mol. The molecule has 2 aromatic heterocycles. The summed E-state index contributed by atoms with van der Waals surface area (Å²) >= 11 is 0. The normalized spacial score (nSPS) is 12.2. The second kappa shape index (κ2) is 11.2. The number of rotatable bonds is 8. The number of nitrogens with one attached hydrogen (secondary N) is 3. The zero-order valence-electron chi connectivity index (χ0n) is 22.8. The highest BCUT2D eigenvalue weighted by atomic mass is 19.1. The van der Waals surface area contributed by atoms with Crippen LogP contribution in [0.4, 0.5) is 10.1 Å². The number of aromatic amines is 2. The first-order valence-corrected chi connectivity index (χ1v) is 13.6. The van der Waals surface area contributed by atoms with Gasteiger partial charge in [-0.05, 0) is 83.3 Å². The third-order valence-corrected chi connectivity index (χ3v) is 7.19. The highest BCUT2D eigenvalue weighted by Crippen LogP contribution is 2.36. The zero-order chi connectivity index (χ0) is 28.3. The second-order valence-corrected chi connectivity index (χ2v) is 10.0. The van der Waals surface area contributed by atoms with Gasteiger partial charge in [0.05, 0.1) is 24.0 Å². The maximum Gasteiger partial charge on any atom is 0.224 e. The lowest BCUT2D eigenvalue weighted by Crippen LogP contribution is -2.10. The molecule has 0 saturated carbocycles. The number of carbonyl (C=O) groups excluding carboxylic acids is 1. The van der Waals surface area contributed by atoms with E-state index in [2.05, 4.69) is 39.2 Å². The summed E-state index contributed by atoms with van der Waals surface area (Å²) in [5.74, 6) is 0.112. The minimum absolute atomic E-state index is 0.0251. The molecular formula is C34H29FN4O2. The molecule has 0 atom stereocenters. The first-order chi connectivity index (χ1) is 20.0. The predicted octanol–water partition coefficient (Wildman–Crippen LogP) is 8.12. The standard InChI is InChI=1S/C34H29FN4O2/c1-3-4-12-33(40)36-25-9-7-8-21(16-25)22-13-14-31-29(18-22)34(39-38-31)32-20-28-27(10-5-6-11-30(28)37-32)23-15-24(35)19-26(17-23)41-2/h5,7-11,13-20,37H,3-4,12H2,1-2H3,(H,36,40)(H,38,39). The number of benzene rings is 3. The van der Waals surface area contributed by atoms with Crippen molar-refractivity contribution in [3.8, 4) is 28.3 Å². The molecule has 0 bridgehead atoms. The molecule has 0 saturated heterocycles. The molecule has 0 fully saturated rings. The third-order valence-electron chi connectivity index (χ3n) is 7.19. The van der Waals surface area contributed by atoms with Gasteiger partial charge in [0, 0.05) is 35.2 Å². The number of allylic oxidation sites excluding steroid dienone is 2. The molecule has 0 unspecified atom stereocenters. The van der Waals surface area contributed by atoms with Gasteiger partial charge in [0.15, 0.2) is 0 Å². The average Bonchev–Trinajstić information content (AvgIpc) is 3.54. The van der Waals surface area contributed by atoms with E-state index < -0.39 is 0 Å². The number of fused-ring (bicyclic) bond motifs is 2. The van der Waals surface area contributed by atoms with Crippen molar-refractivity contribution < 1.29 is 13.9 Å². The highest BCUT2D eigenvalue weighted by Gasteiger charge is 2.19. The van der Waals surface area contributed by atoms with Crippen LogP contribution in [0.3, 0.4) is 0 Å². The van der Waals surface area contributed by atoms with Gasteiger partial charge in [-0.3, -0.25) is 9.89 Å². The highest BCUT2D eigenvalue weighted by molar-refractivity contribution is 5.97. The van der Waals surface area contributed by atoms with Gasteiger partial charge in [-0.15, -0.1) is 5.73 Å². The Balaban J connectivity index is 1.36. The lowest BCUT2D eigenvalue weighted by Gasteiger charge is -2.09. The number of methoxy groups -OCH3 is 1. The summed E-state index contributed by atoms with van der Waals surface area (Å²) in [6.07, 6.45) is 7.97. The Labute approximate surface area is 237 Å². The Bertz CT molecular complexity index is 1870. The summed E-state index contributed by atoms with van der Waals surface area (Å²) in [7, 11) is 1.53. The van der Waals surface area contributed by atoms with Crippen LogP contribution in [0.25, 0.3) is 45.1 Å². The SMILES string of the molecule is CCCCC(=O)Nc1cccc(-c2ccc3[nH]nc(-c4cc5c([nH]4)C=C=CC=C5c4cc(F)cc(OC)c4)c3c2)c1. The molecule has 6 rings (SSSR count). The first-order valence-electron chi connectivity index (χ1n) is 13.6. The topological polar surface area (TPSA) is 82.8 Å². The predicted molar refractivity (Wildman–Crippen MR) is 162 cm³/mol. The summed E-state index contributed by atoms with van der Waals surface area (Å²) in [5, 5.41) is 11.7. The third kappa shape index (κ3) is 5.36. The number of aromatic nitrogens is 3. The van der Waals surface area contributed by atoms with Crippen LogP contribution in [0.1, 0.15) is 43.0 Å². The molecule has 7 heteroatoms. The molecule has 0 spiro atoms. The number of anilines is 1. The molecule has 1 aliphatic rings. The van der Waals surface area contributed by atoms with Crippen molar-refractivity contribution in [2.75, 3.05) is 12.4 Å². The van der Waals surface area contributed by atoms with E-state index in [0.717, 1.165) is 68.8 Å². The van der Waals surface area contributed by atoms with E-state index in [1.807, 2.05) is 66.8 Å². The number of H-pyrrole nitrogens is 2. The van der Waals surface area contributed by atoms with Crippen LogP contribution < -0.4 is 10.1 Å². The van der Waals surface area contributed by atoms with Crippen molar-refractivity contribution in [3.63, 3.8) is 0 Å². The van der Waals surface area contributed by atoms with E-state index >= 15 is 0 Å². The smallest absolute Gasteiger partial charge is 0.224 e. The Hall–Kier alpha value is -5.13. The lowest BCUT2D eigenvalue weighted by molar-refractivity contribution is -0.116. The van der Waals surface area contributed by atoms with Gasteiger partial charge in [-0.2, -0.15) is 5.10 Å². The van der Waals surface area contributed by atoms with Crippen molar-refractivity contribution in [3.05, 3.63) is 107 Å². The van der Waals surface area contributed by atoms with E-state index in [4.69, 9.17) is 4.74 Å². The molecule has 0 aliphatic heterocycles. The summed E-state index contributed by atoms with van der Waals surface area (Å²) in [4.78, 5) is 15.7. The van der Waals surface area contributed by atoms with Crippen molar-refractivity contribution >= 4 is 34.1 Å². The molecule has 5 aromatic rings. The average molecular weight is 545 g/mol. The van der Waals surface area contributed by atoms with Crippen LogP contribution in [0.2, 0.25) is 0 Å². The maximum absolute atomic E-state index is 14.4. The largest absolute Gasteiger partial charge is 0.497 e. The van der Waals surface area contributed by atoms with Crippen LogP contribution in [0.15, 0.2) is 84.6 Å². The Kier molecular flexibility index (Phi) is 7.11. The van der Waals surface area contributed by atoms with Crippen LogP contribution in [0, 0.1) is 5.82 Å². The van der Waals surface area contributed by atoms with E-state index in [9.17, 15) is 9.18 Å². The molecule has 1 aliphatic carbocycles. The second-order valence-electron chi connectivity index (χ2n) is 10.0. The Morgan fingerprint density at radius 2 is 1.93 bits per heavy atom. The van der Waals surface area contributed by atoms with Crippen molar-refractivity contribution in [1.29, 1.82) is 0 Å². The van der Waals surface area contributed by atoms with Gasteiger partial charge >= 0.3 is 0 Å². The van der Waals surface area contributed by atoms with Crippen molar-refractivity contribution in [2.45, 2.75) is 26.2 Å². The molecule has 1 amide bonds. The minimum atomic E-state index is -0.367. The molecule has 204 valence electrons. The zero-order valence-corrected chi connectivity index (χ0v) is 22.8. The summed E-state index contributed by atoms with van der Waals surface area (Å²) < 4.78 is 19.7. The van der Waals surface area contributed by atoms with Crippen molar-refractivity contribution in [1.82, 2.24) is 15.2 Å². The molecule has 0 radical (unpaired) electrons. The summed E-state index contributed by atoms with van der Waals surface area (Å²) in [6.45, 7) is 2.07. The molecule has 3 aromatic carbocycles. The fraction of sp³-hybridized carbons (Fsp3) is 0.147. The summed E-state index contributed by atoms with van der Waals surface area (Å²) in [5.41, 5.74) is 11.7. The summed E-state index contributed by atoms with van der Waals surface area (Å²) in [6, 6.07) is 20.7. The fourth-order valence-corrected chi connectivity index (χ4v) is 5.11. The number of amides is 1. The lowest BCUT2D eigenvalue weighted by atomic mass is 9.97. The molecular weight excluding hydrogens is 515 g/mol. The van der Waals surface area contributed by atoms with E-state index in [1.54, 1.807) is 0 Å². The molecule has 3 N–H and O–H groups in total. The van der Waals surface area contributed by atoms with Crippen LogP contribution >= 0.6 is 0 Å². The van der Waals surface area contributed by atoms with Gasteiger partial charge in [0.25, 0.3) is 0 Å². The Morgan fingerprint density at radius 1 is 1.05 bits per heavy atom. The number of hydrogen-bond acceptors (Lipinski definition) is 3. The number of carbonyl (C=O) groups is 1. The fourth-order valence-electron chi connectivity index (χ4n) is 5.11. The number of unbranched alkanes of at least 4 members (excludes halogenated alkanes) is 1. The number of hydrogen-bond donors (Lipinski definition) is 3. The molecule has 6 nitrogen and oxygen atoms in total. The van der Waals surface area contributed by atoms with E-state index in [1.165, 1.54) is 19.2 Å². The van der Waals surface area contributed by atoms with Gasteiger partial charge in [-0.1, -0.05) is 31.5 Å². The quantitative estimate of drug-likeness (QED) is 0.173. The van der Waals surface area contributed by atoms with Crippen LogP contribution in [0.5, 0.6) is 5.75 Å². The first kappa shape index (κ1) is 26.1. The van der Waals surface area contributed by atoms with Gasteiger partial charge in [-0.25, -0.2) is 4.39 Å². The van der Waals surface area contributed by atoms with Gasteiger partial charge < -0.3 is 15.0 Å². The molecule has 41 heavy (non-hydrogen) atoms. The minimum Gasteiger partial charge on any atom is -0.497 e. The van der Waals surface area contributed by atoms with Crippen molar-refractivity contribution in [2.24, 2.45) is 0 Å².